The zero-order valence-electron chi connectivity index (χ0n) is 9.66. The van der Waals surface area contributed by atoms with E-state index in [0.29, 0.717) is 6.54 Å². The van der Waals surface area contributed by atoms with Crippen molar-refractivity contribution in [3.63, 3.8) is 0 Å². The highest BCUT2D eigenvalue weighted by Gasteiger charge is 2.28. The van der Waals surface area contributed by atoms with Gasteiger partial charge >= 0.3 is 5.97 Å². The third kappa shape index (κ3) is 3.53. The molecule has 0 aromatic heterocycles. The van der Waals surface area contributed by atoms with E-state index in [4.69, 9.17) is 4.74 Å². The van der Waals surface area contributed by atoms with Crippen molar-refractivity contribution in [1.82, 2.24) is 4.90 Å². The van der Waals surface area contributed by atoms with Crippen molar-refractivity contribution in [1.29, 1.82) is 0 Å². The van der Waals surface area contributed by atoms with Crippen LogP contribution in [0.15, 0.2) is 0 Å². The first-order chi connectivity index (χ1) is 7.00. The van der Waals surface area contributed by atoms with E-state index >= 15 is 0 Å². The van der Waals surface area contributed by atoms with Crippen LogP contribution in [0.1, 0.15) is 33.6 Å². The van der Waals surface area contributed by atoms with Gasteiger partial charge in [-0.3, -0.25) is 9.59 Å². The molecule has 1 fully saturated rings. The first-order valence-corrected chi connectivity index (χ1v) is 5.46. The van der Waals surface area contributed by atoms with E-state index in [1.54, 1.807) is 4.90 Å². The van der Waals surface area contributed by atoms with Crippen LogP contribution in [0.3, 0.4) is 0 Å². The smallest absolute Gasteiger partial charge is 0.310 e. The van der Waals surface area contributed by atoms with E-state index in [-0.39, 0.29) is 23.9 Å². The molecule has 4 heteroatoms. The van der Waals surface area contributed by atoms with Gasteiger partial charge in [0.15, 0.2) is 0 Å². The summed E-state index contributed by atoms with van der Waals surface area (Å²) in [6.45, 7) is 6.49. The van der Waals surface area contributed by atoms with Gasteiger partial charge in [0.2, 0.25) is 5.91 Å². The summed E-state index contributed by atoms with van der Waals surface area (Å²) in [5, 5.41) is 0. The highest BCUT2D eigenvalue weighted by atomic mass is 16.5. The largest absolute Gasteiger partial charge is 0.463 e. The average Bonchev–Trinajstić information content (AvgIpc) is 2.17. The van der Waals surface area contributed by atoms with Gasteiger partial charge in [-0.2, -0.15) is 0 Å². The van der Waals surface area contributed by atoms with Gasteiger partial charge in [-0.15, -0.1) is 0 Å². The molecular formula is C11H19NO3. The Morgan fingerprint density at radius 1 is 1.40 bits per heavy atom. The van der Waals surface area contributed by atoms with Gasteiger partial charge in [-0.1, -0.05) is 0 Å². The maximum atomic E-state index is 11.6. The van der Waals surface area contributed by atoms with Crippen LogP contribution in [-0.4, -0.2) is 36.0 Å². The zero-order chi connectivity index (χ0) is 11.4. The first-order valence-electron chi connectivity index (χ1n) is 5.46. The zero-order valence-corrected chi connectivity index (χ0v) is 9.66. The predicted octanol–water partition coefficient (Wildman–Crippen LogP) is 1.20. The van der Waals surface area contributed by atoms with E-state index in [1.165, 1.54) is 6.92 Å². The fraction of sp³-hybridized carbons (Fsp3) is 0.818. The Balaban J connectivity index is 2.48. The van der Waals surface area contributed by atoms with Crippen molar-refractivity contribution in [2.75, 3.05) is 13.1 Å². The van der Waals surface area contributed by atoms with Crippen molar-refractivity contribution in [2.24, 2.45) is 5.92 Å². The van der Waals surface area contributed by atoms with Crippen LogP contribution in [-0.2, 0) is 14.3 Å². The van der Waals surface area contributed by atoms with Crippen LogP contribution in [0.5, 0.6) is 0 Å². The Labute approximate surface area is 90.6 Å². The summed E-state index contributed by atoms with van der Waals surface area (Å²) in [5.74, 6) is -0.266. The molecular weight excluding hydrogens is 194 g/mol. The summed E-state index contributed by atoms with van der Waals surface area (Å²) >= 11 is 0. The lowest BCUT2D eigenvalue weighted by molar-refractivity contribution is -0.155. The van der Waals surface area contributed by atoms with Crippen molar-refractivity contribution < 1.29 is 14.3 Å². The number of carbonyl (C=O) groups is 2. The van der Waals surface area contributed by atoms with Gasteiger partial charge in [0.25, 0.3) is 0 Å². The fourth-order valence-corrected chi connectivity index (χ4v) is 1.78. The molecule has 0 N–H and O–H groups in total. The summed E-state index contributed by atoms with van der Waals surface area (Å²) in [5.41, 5.74) is 0. The predicted molar refractivity (Wildman–Crippen MR) is 56.2 cm³/mol. The van der Waals surface area contributed by atoms with Gasteiger partial charge in [-0.05, 0) is 26.7 Å². The summed E-state index contributed by atoms with van der Waals surface area (Å²) in [7, 11) is 0. The first kappa shape index (κ1) is 12.0. The maximum Gasteiger partial charge on any atom is 0.310 e. The van der Waals surface area contributed by atoms with Crippen LogP contribution in [0.4, 0.5) is 0 Å². The van der Waals surface area contributed by atoms with E-state index in [0.717, 1.165) is 19.4 Å². The lowest BCUT2D eigenvalue weighted by Gasteiger charge is -2.31. The summed E-state index contributed by atoms with van der Waals surface area (Å²) < 4.78 is 5.14. The van der Waals surface area contributed by atoms with Gasteiger partial charge < -0.3 is 9.64 Å². The molecule has 1 heterocycles. The molecule has 0 saturated carbocycles. The molecule has 1 rings (SSSR count). The summed E-state index contributed by atoms with van der Waals surface area (Å²) in [4.78, 5) is 24.5. The topological polar surface area (TPSA) is 46.6 Å². The van der Waals surface area contributed by atoms with E-state index < -0.39 is 0 Å². The minimum absolute atomic E-state index is 0.0389. The normalized spacial score (nSPS) is 21.6. The van der Waals surface area contributed by atoms with Crippen molar-refractivity contribution in [3.05, 3.63) is 0 Å². The molecule has 1 aliphatic rings. The Kier molecular flexibility index (Phi) is 4.12. The molecule has 1 unspecified atom stereocenters. The number of hydrogen-bond donors (Lipinski definition) is 0. The number of carbonyl (C=O) groups excluding carboxylic acids is 2. The Bertz CT molecular complexity index is 250. The molecule has 0 aromatic carbocycles. The Morgan fingerprint density at radius 2 is 2.07 bits per heavy atom. The number of rotatable bonds is 2. The molecule has 1 amide bonds. The molecule has 1 aliphatic heterocycles. The molecule has 4 nitrogen and oxygen atoms in total. The third-order valence-electron chi connectivity index (χ3n) is 2.55. The highest BCUT2D eigenvalue weighted by molar-refractivity contribution is 5.76. The van der Waals surface area contributed by atoms with E-state index in [9.17, 15) is 9.59 Å². The highest BCUT2D eigenvalue weighted by Crippen LogP contribution is 2.18. The quantitative estimate of drug-likeness (QED) is 0.647. The Hall–Kier alpha value is -1.06. The van der Waals surface area contributed by atoms with Crippen molar-refractivity contribution >= 4 is 11.9 Å². The number of piperidine rings is 1. The number of esters is 1. The molecule has 1 saturated heterocycles. The number of ether oxygens (including phenoxy) is 1. The number of amides is 1. The number of nitrogens with zero attached hydrogens (tertiary/aromatic N) is 1. The SMILES string of the molecule is CC(=O)N1CCCC(C(=O)OC(C)C)C1. The second-order valence-electron chi connectivity index (χ2n) is 4.29. The van der Waals surface area contributed by atoms with Crippen LogP contribution in [0.25, 0.3) is 0 Å². The molecule has 0 aliphatic carbocycles. The summed E-state index contributed by atoms with van der Waals surface area (Å²) in [6.07, 6.45) is 1.64. The van der Waals surface area contributed by atoms with Crippen molar-refractivity contribution in [3.8, 4) is 0 Å². The third-order valence-corrected chi connectivity index (χ3v) is 2.55. The Morgan fingerprint density at radius 3 is 2.60 bits per heavy atom. The molecule has 0 aromatic rings. The maximum absolute atomic E-state index is 11.6. The minimum Gasteiger partial charge on any atom is -0.463 e. The van der Waals surface area contributed by atoms with Crippen LogP contribution in [0.2, 0.25) is 0 Å². The lowest BCUT2D eigenvalue weighted by Crippen LogP contribution is -2.42. The van der Waals surface area contributed by atoms with Gasteiger partial charge in [0.1, 0.15) is 0 Å². The van der Waals surface area contributed by atoms with Gasteiger partial charge in [-0.25, -0.2) is 0 Å². The second-order valence-corrected chi connectivity index (χ2v) is 4.29. The molecule has 0 spiro atoms. The lowest BCUT2D eigenvalue weighted by atomic mass is 9.98. The molecule has 0 radical (unpaired) electrons. The van der Waals surface area contributed by atoms with Crippen LogP contribution < -0.4 is 0 Å². The van der Waals surface area contributed by atoms with Crippen molar-refractivity contribution in [2.45, 2.75) is 39.7 Å². The molecule has 1 atom stereocenters. The van der Waals surface area contributed by atoms with E-state index in [2.05, 4.69) is 0 Å². The van der Waals surface area contributed by atoms with Gasteiger partial charge in [0.05, 0.1) is 12.0 Å². The van der Waals surface area contributed by atoms with Gasteiger partial charge in [0, 0.05) is 20.0 Å². The standard InChI is InChI=1S/C11H19NO3/c1-8(2)15-11(14)10-5-4-6-12(7-10)9(3)13/h8,10H,4-7H2,1-3H3. The molecule has 0 bridgehead atoms. The summed E-state index contributed by atoms with van der Waals surface area (Å²) in [6, 6.07) is 0. The number of likely N-dealkylation sites (tertiary alicyclic amines) is 1. The monoisotopic (exact) mass is 213 g/mol. The van der Waals surface area contributed by atoms with Crippen LogP contribution >= 0.6 is 0 Å². The average molecular weight is 213 g/mol. The fourth-order valence-electron chi connectivity index (χ4n) is 1.78. The van der Waals surface area contributed by atoms with Crippen LogP contribution in [0, 0.1) is 5.92 Å². The minimum atomic E-state index is -0.170. The molecule has 15 heavy (non-hydrogen) atoms. The molecule has 86 valence electrons. The van der Waals surface area contributed by atoms with E-state index in [1.807, 2.05) is 13.8 Å². The number of hydrogen-bond acceptors (Lipinski definition) is 3. The second kappa shape index (κ2) is 5.14.